The second-order valence-corrected chi connectivity index (χ2v) is 10.3. The summed E-state index contributed by atoms with van der Waals surface area (Å²) < 4.78 is 12.3. The quantitative estimate of drug-likeness (QED) is 0.189. The summed E-state index contributed by atoms with van der Waals surface area (Å²) in [5.41, 5.74) is 2.02. The Bertz CT molecular complexity index is 708. The molecule has 0 bridgehead atoms. The van der Waals surface area contributed by atoms with Crippen LogP contribution in [0.1, 0.15) is 94.7 Å². The minimum Gasteiger partial charge on any atom is -0.323 e. The molecule has 0 heterocycles. The first-order chi connectivity index (χ1) is 15.0. The SMILES string of the molecule is CCCCCCCCCCCCC(NC(c1ccccc1)c1ccccc1)P(=O)(O)O. The Balaban J connectivity index is 1.87. The molecule has 0 aliphatic heterocycles. The summed E-state index contributed by atoms with van der Waals surface area (Å²) >= 11 is 0. The lowest BCUT2D eigenvalue weighted by atomic mass is 9.98. The van der Waals surface area contributed by atoms with Crippen molar-refractivity contribution in [3.05, 3.63) is 71.8 Å². The third-order valence-electron chi connectivity index (χ3n) is 5.86. The first kappa shape index (κ1) is 25.8. The van der Waals surface area contributed by atoms with Gasteiger partial charge in [0.25, 0.3) is 0 Å². The molecule has 2 rings (SSSR count). The fourth-order valence-electron chi connectivity index (χ4n) is 4.04. The predicted molar refractivity (Wildman–Crippen MR) is 130 cm³/mol. The summed E-state index contributed by atoms with van der Waals surface area (Å²) in [5, 5.41) is 3.29. The highest BCUT2D eigenvalue weighted by Crippen LogP contribution is 2.44. The van der Waals surface area contributed by atoms with E-state index in [0.29, 0.717) is 6.42 Å². The van der Waals surface area contributed by atoms with Crippen LogP contribution in [0, 0.1) is 0 Å². The topological polar surface area (TPSA) is 69.6 Å². The van der Waals surface area contributed by atoms with Crippen LogP contribution in [0.15, 0.2) is 60.7 Å². The predicted octanol–water partition coefficient (Wildman–Crippen LogP) is 7.18. The van der Waals surface area contributed by atoms with E-state index < -0.39 is 13.4 Å². The van der Waals surface area contributed by atoms with Gasteiger partial charge in [-0.2, -0.15) is 0 Å². The molecule has 1 atom stereocenters. The van der Waals surface area contributed by atoms with Crippen LogP contribution in [0.5, 0.6) is 0 Å². The molecule has 3 N–H and O–H groups in total. The molecule has 2 aromatic carbocycles. The van der Waals surface area contributed by atoms with Crippen molar-refractivity contribution < 1.29 is 14.4 Å². The lowest BCUT2D eigenvalue weighted by molar-refractivity contribution is 0.333. The number of benzene rings is 2. The van der Waals surface area contributed by atoms with Gasteiger partial charge in [-0.15, -0.1) is 0 Å². The average Bonchev–Trinajstić information content (AvgIpc) is 2.77. The summed E-state index contributed by atoms with van der Waals surface area (Å²) in [7, 11) is -4.26. The van der Waals surface area contributed by atoms with E-state index in [1.54, 1.807) is 0 Å². The highest BCUT2D eigenvalue weighted by Gasteiger charge is 2.31. The van der Waals surface area contributed by atoms with E-state index in [1.807, 2.05) is 60.7 Å². The number of unbranched alkanes of at least 4 members (excludes halogenated alkanes) is 9. The molecule has 1 unspecified atom stereocenters. The van der Waals surface area contributed by atoms with Crippen molar-refractivity contribution in [2.24, 2.45) is 0 Å². The molecule has 0 amide bonds. The van der Waals surface area contributed by atoms with Gasteiger partial charge in [0, 0.05) is 0 Å². The van der Waals surface area contributed by atoms with Gasteiger partial charge in [-0.05, 0) is 17.5 Å². The summed E-state index contributed by atoms with van der Waals surface area (Å²) in [6.07, 6.45) is 12.6. The van der Waals surface area contributed by atoms with Gasteiger partial charge in [-0.3, -0.25) is 9.88 Å². The molecular formula is C26H40NO3P. The molecule has 172 valence electrons. The molecule has 0 radical (unpaired) electrons. The third kappa shape index (κ3) is 10.1. The van der Waals surface area contributed by atoms with Gasteiger partial charge < -0.3 is 9.79 Å². The van der Waals surface area contributed by atoms with Crippen molar-refractivity contribution in [3.8, 4) is 0 Å². The van der Waals surface area contributed by atoms with Crippen LogP contribution in [0.3, 0.4) is 0 Å². The van der Waals surface area contributed by atoms with Gasteiger partial charge in [0.1, 0.15) is 5.78 Å². The standard InChI is InChI=1S/C26H40NO3P/c1-2-3-4-5-6-7-8-9-10-17-22-25(31(28,29)30)27-26(23-18-13-11-14-19-23)24-20-15-12-16-21-24/h11-16,18-21,25-27H,2-10,17,22H2,1H3,(H2,28,29,30). The Hall–Kier alpha value is -1.45. The molecule has 5 heteroatoms. The Labute approximate surface area is 188 Å². The maximum atomic E-state index is 12.3. The highest BCUT2D eigenvalue weighted by atomic mass is 31.2. The molecule has 0 aromatic heterocycles. The highest BCUT2D eigenvalue weighted by molar-refractivity contribution is 7.52. The van der Waals surface area contributed by atoms with Gasteiger partial charge in [0.05, 0.1) is 6.04 Å². The van der Waals surface area contributed by atoms with E-state index in [2.05, 4.69) is 12.2 Å². The summed E-state index contributed by atoms with van der Waals surface area (Å²) in [4.78, 5) is 20.0. The first-order valence-electron chi connectivity index (χ1n) is 11.9. The number of nitrogens with one attached hydrogen (secondary N) is 1. The zero-order chi connectivity index (χ0) is 22.4. The Kier molecular flexibility index (Phi) is 12.1. The van der Waals surface area contributed by atoms with Crippen molar-refractivity contribution >= 4 is 7.60 Å². The summed E-state index contributed by atoms with van der Waals surface area (Å²) in [6.45, 7) is 2.24. The normalized spacial score (nSPS) is 12.9. The second kappa shape index (κ2) is 14.6. The molecule has 0 aliphatic carbocycles. The van der Waals surface area contributed by atoms with E-state index in [0.717, 1.165) is 30.4 Å². The van der Waals surface area contributed by atoms with Crippen LogP contribution >= 0.6 is 7.60 Å². The molecule has 0 saturated carbocycles. The zero-order valence-electron chi connectivity index (χ0n) is 19.0. The maximum Gasteiger partial charge on any atom is 0.342 e. The molecule has 0 fully saturated rings. The van der Waals surface area contributed by atoms with Crippen molar-refractivity contribution in [1.82, 2.24) is 5.32 Å². The summed E-state index contributed by atoms with van der Waals surface area (Å²) in [6, 6.07) is 19.5. The van der Waals surface area contributed by atoms with E-state index in [1.165, 1.54) is 44.9 Å². The van der Waals surface area contributed by atoms with E-state index in [9.17, 15) is 14.4 Å². The van der Waals surface area contributed by atoms with Crippen molar-refractivity contribution in [2.75, 3.05) is 0 Å². The first-order valence-corrected chi connectivity index (χ1v) is 13.6. The van der Waals surface area contributed by atoms with Crippen molar-refractivity contribution in [3.63, 3.8) is 0 Å². The lowest BCUT2D eigenvalue weighted by Gasteiger charge is -2.27. The van der Waals surface area contributed by atoms with E-state index >= 15 is 0 Å². The fourth-order valence-corrected chi connectivity index (χ4v) is 4.90. The fraction of sp³-hybridized carbons (Fsp3) is 0.538. The monoisotopic (exact) mass is 445 g/mol. The number of hydrogen-bond donors (Lipinski definition) is 3. The molecule has 31 heavy (non-hydrogen) atoms. The minimum absolute atomic E-state index is 0.247. The Morgan fingerprint density at radius 3 is 1.55 bits per heavy atom. The molecule has 0 spiro atoms. The van der Waals surface area contributed by atoms with Crippen molar-refractivity contribution in [2.45, 2.75) is 89.4 Å². The van der Waals surface area contributed by atoms with Gasteiger partial charge in [0.15, 0.2) is 0 Å². The van der Waals surface area contributed by atoms with Crippen LogP contribution in [-0.4, -0.2) is 15.6 Å². The van der Waals surface area contributed by atoms with Crippen LogP contribution in [0.25, 0.3) is 0 Å². The maximum absolute atomic E-state index is 12.3. The summed E-state index contributed by atoms with van der Waals surface area (Å²) in [5.74, 6) is -0.841. The third-order valence-corrected chi connectivity index (χ3v) is 7.08. The van der Waals surface area contributed by atoms with Gasteiger partial charge in [-0.25, -0.2) is 0 Å². The largest absolute Gasteiger partial charge is 0.342 e. The molecule has 0 aliphatic rings. The molecular weight excluding hydrogens is 405 g/mol. The van der Waals surface area contributed by atoms with E-state index in [4.69, 9.17) is 0 Å². The molecule has 4 nitrogen and oxygen atoms in total. The smallest absolute Gasteiger partial charge is 0.323 e. The van der Waals surface area contributed by atoms with Gasteiger partial charge >= 0.3 is 7.60 Å². The molecule has 0 saturated heterocycles. The van der Waals surface area contributed by atoms with Crippen LogP contribution in [0.2, 0.25) is 0 Å². The van der Waals surface area contributed by atoms with Crippen LogP contribution in [-0.2, 0) is 4.57 Å². The van der Waals surface area contributed by atoms with Gasteiger partial charge in [0.2, 0.25) is 0 Å². The van der Waals surface area contributed by atoms with Crippen LogP contribution < -0.4 is 5.32 Å². The Morgan fingerprint density at radius 2 is 1.13 bits per heavy atom. The van der Waals surface area contributed by atoms with Crippen molar-refractivity contribution in [1.29, 1.82) is 0 Å². The molecule has 2 aromatic rings. The zero-order valence-corrected chi connectivity index (χ0v) is 19.9. The average molecular weight is 446 g/mol. The minimum atomic E-state index is -4.26. The van der Waals surface area contributed by atoms with E-state index in [-0.39, 0.29) is 6.04 Å². The second-order valence-electron chi connectivity index (χ2n) is 8.50. The Morgan fingerprint density at radius 1 is 0.710 bits per heavy atom. The lowest BCUT2D eigenvalue weighted by Crippen LogP contribution is -2.33. The number of hydrogen-bond acceptors (Lipinski definition) is 2. The number of rotatable bonds is 16. The van der Waals surface area contributed by atoms with Gasteiger partial charge in [-0.1, -0.05) is 132 Å². The van der Waals surface area contributed by atoms with Crippen LogP contribution in [0.4, 0.5) is 0 Å².